The quantitative estimate of drug-likeness (QED) is 0.488. The number of hydrogen-bond acceptors (Lipinski definition) is 3. The lowest BCUT2D eigenvalue weighted by atomic mass is 9.95. The fourth-order valence-corrected chi connectivity index (χ4v) is 2.66. The zero-order valence-electron chi connectivity index (χ0n) is 11.6. The Kier molecular flexibility index (Phi) is 6.12. The summed E-state index contributed by atoms with van der Waals surface area (Å²) in [6.07, 6.45) is 6.23. The van der Waals surface area contributed by atoms with Crippen LogP contribution in [0.3, 0.4) is 0 Å². The topological polar surface area (TPSA) is 55.4 Å². The van der Waals surface area contributed by atoms with Gasteiger partial charge in [-0.05, 0) is 31.4 Å². The Hall–Kier alpha value is -1.23. The van der Waals surface area contributed by atoms with Crippen molar-refractivity contribution >= 4 is 52.4 Å². The van der Waals surface area contributed by atoms with Gasteiger partial charge in [-0.25, -0.2) is 0 Å². The molecule has 2 rings (SSSR count). The maximum Gasteiger partial charge on any atom is 0.309 e. The summed E-state index contributed by atoms with van der Waals surface area (Å²) in [7, 11) is 0. The standard InChI is InChI=1S/C15H14Cl3NO3/c16-10-6-12(18)13(7-11(10)17)19-14(20)8-22-15(21)9-4-2-1-3-5-9/h1-2,6-7,9H,3-5,8H2,(H,19,20)/t9-/m0/s1. The highest BCUT2D eigenvalue weighted by Gasteiger charge is 2.21. The van der Waals surface area contributed by atoms with E-state index in [0.717, 1.165) is 12.8 Å². The van der Waals surface area contributed by atoms with Gasteiger partial charge in [-0.3, -0.25) is 9.59 Å². The Balaban J connectivity index is 1.86. The van der Waals surface area contributed by atoms with Gasteiger partial charge >= 0.3 is 5.97 Å². The number of nitrogens with one attached hydrogen (secondary N) is 1. The fourth-order valence-electron chi connectivity index (χ4n) is 2.07. The summed E-state index contributed by atoms with van der Waals surface area (Å²) in [4.78, 5) is 23.6. The van der Waals surface area contributed by atoms with Crippen molar-refractivity contribution in [2.24, 2.45) is 5.92 Å². The highest BCUT2D eigenvalue weighted by Crippen LogP contribution is 2.32. The van der Waals surface area contributed by atoms with Gasteiger partial charge in [0, 0.05) is 0 Å². The molecule has 1 aromatic rings. The number of rotatable bonds is 4. The number of benzene rings is 1. The number of amides is 1. The predicted octanol–water partition coefficient (Wildman–Crippen LogP) is 4.48. The molecule has 4 nitrogen and oxygen atoms in total. The van der Waals surface area contributed by atoms with Gasteiger partial charge in [0.2, 0.25) is 0 Å². The molecule has 0 heterocycles. The van der Waals surface area contributed by atoms with Crippen LogP contribution in [0.5, 0.6) is 0 Å². The van der Waals surface area contributed by atoms with E-state index >= 15 is 0 Å². The van der Waals surface area contributed by atoms with Gasteiger partial charge in [0.25, 0.3) is 5.91 Å². The van der Waals surface area contributed by atoms with Crippen LogP contribution < -0.4 is 5.32 Å². The van der Waals surface area contributed by atoms with E-state index in [1.54, 1.807) is 0 Å². The molecule has 118 valence electrons. The van der Waals surface area contributed by atoms with E-state index < -0.39 is 5.91 Å². The third kappa shape index (κ3) is 4.63. The van der Waals surface area contributed by atoms with Gasteiger partial charge in [-0.15, -0.1) is 0 Å². The van der Waals surface area contributed by atoms with Gasteiger partial charge < -0.3 is 10.1 Å². The van der Waals surface area contributed by atoms with Gasteiger partial charge in [0.05, 0.1) is 26.7 Å². The van der Waals surface area contributed by atoms with E-state index in [0.29, 0.717) is 17.1 Å². The van der Waals surface area contributed by atoms with Crippen LogP contribution >= 0.6 is 34.8 Å². The molecule has 1 aromatic carbocycles. The maximum atomic E-state index is 11.8. The highest BCUT2D eigenvalue weighted by atomic mass is 35.5. The molecule has 7 heteroatoms. The maximum absolute atomic E-state index is 11.8. The summed E-state index contributed by atoms with van der Waals surface area (Å²) >= 11 is 17.6. The molecule has 0 aliphatic heterocycles. The average molecular weight is 363 g/mol. The lowest BCUT2D eigenvalue weighted by Gasteiger charge is -2.16. The van der Waals surface area contributed by atoms with Crippen LogP contribution in [0.4, 0.5) is 5.69 Å². The Morgan fingerprint density at radius 2 is 1.86 bits per heavy atom. The first kappa shape index (κ1) is 17.1. The van der Waals surface area contributed by atoms with Gasteiger partial charge in [-0.2, -0.15) is 0 Å². The molecule has 1 aliphatic carbocycles. The van der Waals surface area contributed by atoms with Crippen LogP contribution in [0, 0.1) is 5.92 Å². The largest absolute Gasteiger partial charge is 0.455 e. The number of ether oxygens (including phenoxy) is 1. The Morgan fingerprint density at radius 3 is 2.55 bits per heavy atom. The first-order valence-electron chi connectivity index (χ1n) is 6.73. The van der Waals surface area contributed by atoms with E-state index in [1.165, 1.54) is 12.1 Å². The summed E-state index contributed by atoms with van der Waals surface area (Å²) in [6.45, 7) is -0.365. The van der Waals surface area contributed by atoms with Crippen molar-refractivity contribution in [1.82, 2.24) is 0 Å². The summed E-state index contributed by atoms with van der Waals surface area (Å²) in [5, 5.41) is 3.35. The van der Waals surface area contributed by atoms with Crippen molar-refractivity contribution in [2.75, 3.05) is 11.9 Å². The van der Waals surface area contributed by atoms with Gasteiger partial charge in [0.15, 0.2) is 6.61 Å². The van der Waals surface area contributed by atoms with Crippen molar-refractivity contribution in [3.05, 3.63) is 39.4 Å². The molecule has 0 aromatic heterocycles. The van der Waals surface area contributed by atoms with E-state index in [2.05, 4.69) is 5.32 Å². The SMILES string of the molecule is O=C(COC(=O)[C@H]1CC=CCC1)Nc1cc(Cl)c(Cl)cc1Cl. The summed E-state index contributed by atoms with van der Waals surface area (Å²) in [6, 6.07) is 2.87. The van der Waals surface area contributed by atoms with Crippen molar-refractivity contribution < 1.29 is 14.3 Å². The molecule has 0 saturated heterocycles. The van der Waals surface area contributed by atoms with Crippen LogP contribution in [-0.2, 0) is 14.3 Å². The van der Waals surface area contributed by atoms with E-state index in [4.69, 9.17) is 39.5 Å². The average Bonchev–Trinajstić information content (AvgIpc) is 2.51. The fraction of sp³-hybridized carbons (Fsp3) is 0.333. The molecular formula is C15H14Cl3NO3. The smallest absolute Gasteiger partial charge is 0.309 e. The molecule has 0 bridgehead atoms. The molecule has 0 radical (unpaired) electrons. The Labute approximate surface area is 143 Å². The van der Waals surface area contributed by atoms with E-state index in [-0.39, 0.29) is 28.5 Å². The second-order valence-corrected chi connectivity index (χ2v) is 6.11. The van der Waals surface area contributed by atoms with Gasteiger partial charge in [0.1, 0.15) is 0 Å². The van der Waals surface area contributed by atoms with Crippen LogP contribution in [0.15, 0.2) is 24.3 Å². The Morgan fingerprint density at radius 1 is 1.14 bits per heavy atom. The molecule has 22 heavy (non-hydrogen) atoms. The molecule has 0 fully saturated rings. The number of carbonyl (C=O) groups is 2. The third-order valence-corrected chi connectivity index (χ3v) is 4.27. The van der Waals surface area contributed by atoms with Crippen LogP contribution in [0.25, 0.3) is 0 Å². The van der Waals surface area contributed by atoms with E-state index in [9.17, 15) is 9.59 Å². The molecular weight excluding hydrogens is 349 g/mol. The summed E-state index contributed by atoms with van der Waals surface area (Å²) < 4.78 is 5.02. The van der Waals surface area contributed by atoms with Crippen LogP contribution in [0.1, 0.15) is 19.3 Å². The van der Waals surface area contributed by atoms with Crippen molar-refractivity contribution in [2.45, 2.75) is 19.3 Å². The van der Waals surface area contributed by atoms with Gasteiger partial charge in [-0.1, -0.05) is 47.0 Å². The minimum atomic E-state index is -0.486. The third-order valence-electron chi connectivity index (χ3n) is 3.23. The van der Waals surface area contributed by atoms with Crippen molar-refractivity contribution in [1.29, 1.82) is 0 Å². The van der Waals surface area contributed by atoms with Crippen molar-refractivity contribution in [3.8, 4) is 0 Å². The first-order valence-corrected chi connectivity index (χ1v) is 7.87. The second kappa shape index (κ2) is 7.86. The molecule has 1 N–H and O–H groups in total. The highest BCUT2D eigenvalue weighted by molar-refractivity contribution is 6.44. The number of esters is 1. The second-order valence-electron chi connectivity index (χ2n) is 4.88. The minimum absolute atomic E-state index is 0.175. The number of allylic oxidation sites excluding steroid dienone is 2. The summed E-state index contributed by atoms with van der Waals surface area (Å²) in [5.41, 5.74) is 0.317. The molecule has 0 saturated carbocycles. The molecule has 1 aliphatic rings. The Bertz CT molecular complexity index is 616. The van der Waals surface area contributed by atoms with E-state index in [1.807, 2.05) is 12.2 Å². The molecule has 0 unspecified atom stereocenters. The van der Waals surface area contributed by atoms with Crippen LogP contribution in [0.2, 0.25) is 15.1 Å². The number of anilines is 1. The minimum Gasteiger partial charge on any atom is -0.455 e. The number of halogens is 3. The molecule has 1 amide bonds. The number of hydrogen-bond donors (Lipinski definition) is 1. The van der Waals surface area contributed by atoms with Crippen molar-refractivity contribution in [3.63, 3.8) is 0 Å². The lowest BCUT2D eigenvalue weighted by Crippen LogP contribution is -2.25. The zero-order valence-corrected chi connectivity index (χ0v) is 13.8. The molecule has 0 spiro atoms. The molecule has 1 atom stereocenters. The van der Waals surface area contributed by atoms with Crippen LogP contribution in [-0.4, -0.2) is 18.5 Å². The normalized spacial score (nSPS) is 17.1. The predicted molar refractivity (Wildman–Crippen MR) is 87.5 cm³/mol. The number of carbonyl (C=O) groups excluding carboxylic acids is 2. The zero-order chi connectivity index (χ0) is 16.1. The lowest BCUT2D eigenvalue weighted by molar-refractivity contribution is -0.151. The first-order chi connectivity index (χ1) is 10.5. The summed E-state index contributed by atoms with van der Waals surface area (Å²) in [5.74, 6) is -1.02. The monoisotopic (exact) mass is 361 g/mol.